The number of halogens is 2. The van der Waals surface area contributed by atoms with Crippen LogP contribution in [-0.2, 0) is 63.9 Å². The molecule has 0 spiro atoms. The smallest absolute Gasteiger partial charge is 0.325 e. The van der Waals surface area contributed by atoms with E-state index in [9.17, 15) is 60.3 Å². The normalized spacial score (nSPS) is 29.6. The number of urea groups is 1. The van der Waals surface area contributed by atoms with Gasteiger partial charge in [-0.05, 0) is 203 Å². The van der Waals surface area contributed by atoms with Crippen LogP contribution in [0.2, 0.25) is 10.0 Å². The molecule has 700 valence electrons. The topological polar surface area (TPSA) is 568 Å². The van der Waals surface area contributed by atoms with E-state index in [1.54, 1.807) is 13.1 Å². The molecule has 6 fully saturated rings. The summed E-state index contributed by atoms with van der Waals surface area (Å²) in [7, 11) is 3.21. The van der Waals surface area contributed by atoms with Crippen molar-refractivity contribution in [3.05, 3.63) is 140 Å². The number of benzene rings is 6. The minimum absolute atomic E-state index is 0.0395. The molecule has 10 amide bonds. The van der Waals surface area contributed by atoms with E-state index in [4.69, 9.17) is 66.8 Å². The number of aliphatic hydroxyl groups excluding tert-OH is 6. The number of imide groups is 1. The predicted octanol–water partition coefficient (Wildman–Crippen LogP) is 4.35. The van der Waals surface area contributed by atoms with Crippen LogP contribution in [-0.4, -0.2) is 225 Å². The SMILES string of the molecule is CCCOCc1cc(NC(=O)NC(=O)C[C@@H]2NC(=O)[C@H](NC(=O)[C@@H](CC(C)C)NC)[C@H](O)c3ccc(c(Cl)c3)Oc3cc4cc(c3O[C@@H]3O[C@H](CO)[C@@H](O)[C@H](O)[C@H]3O[C@H]3C[C@](C)(N)[C@H](O)[C@H](C)O3)Oc3ccc(cc3Cl)[C@@H](O)[C@@H]3NC(=O)[C@H](NC(=O)[C@@H]4NC2=O)c2ccc(O)c(c2)-c2c(O)cc(O)cc2[C@@H](C(=O)NC2C4CC5CC(C4)CC2C5)NC3=O)ccc1OCCNC. The van der Waals surface area contributed by atoms with E-state index in [0.29, 0.717) is 42.7 Å². The summed E-state index contributed by atoms with van der Waals surface area (Å²) in [5.41, 5.74) is 3.49. The molecule has 2 saturated heterocycles. The fourth-order valence-corrected chi connectivity index (χ4v) is 19.2. The van der Waals surface area contributed by atoms with Gasteiger partial charge in [0, 0.05) is 59.6 Å². The van der Waals surface area contributed by atoms with Crippen LogP contribution >= 0.6 is 23.2 Å². The summed E-state index contributed by atoms with van der Waals surface area (Å²) in [5, 5.41) is 136. The number of phenols is 3. The summed E-state index contributed by atoms with van der Waals surface area (Å²) >= 11 is 14.5. The molecule has 17 rings (SSSR count). The second-order valence-corrected chi connectivity index (χ2v) is 36.0. The van der Waals surface area contributed by atoms with Crippen molar-refractivity contribution < 1.29 is 127 Å². The van der Waals surface area contributed by atoms with Gasteiger partial charge in [0.1, 0.15) is 108 Å². The zero-order chi connectivity index (χ0) is 93.2. The molecule has 4 aliphatic carbocycles. The summed E-state index contributed by atoms with van der Waals surface area (Å²) in [6, 6.07) is 3.06. The van der Waals surface area contributed by atoms with Gasteiger partial charge in [0.05, 0.1) is 47.9 Å². The Morgan fingerprint density at radius 3 is 1.95 bits per heavy atom. The van der Waals surface area contributed by atoms with E-state index in [1.807, 2.05) is 20.8 Å². The molecule has 6 aromatic carbocycles. The summed E-state index contributed by atoms with van der Waals surface area (Å²) < 4.78 is 51.0. The van der Waals surface area contributed by atoms with Crippen LogP contribution in [0, 0.1) is 29.6 Å². The first-order valence-electron chi connectivity index (χ1n) is 43.3. The van der Waals surface area contributed by atoms with Crippen molar-refractivity contribution in [3.8, 4) is 62.9 Å². The Hall–Kier alpha value is -10.8. The highest BCUT2D eigenvalue weighted by molar-refractivity contribution is 6.32. The summed E-state index contributed by atoms with van der Waals surface area (Å²) in [6.07, 6.45) is -14.1. The van der Waals surface area contributed by atoms with E-state index < -0.39 is 232 Å². The third-order valence-corrected chi connectivity index (χ3v) is 25.7. The minimum atomic E-state index is -2.44. The summed E-state index contributed by atoms with van der Waals surface area (Å²) in [5.74, 6) is -13.5. The molecule has 4 saturated carbocycles. The number of fused-ring (bicyclic) bond motifs is 15. The number of anilines is 1. The second-order valence-electron chi connectivity index (χ2n) is 35.2. The molecule has 6 aromatic rings. The molecule has 11 aliphatic rings. The van der Waals surface area contributed by atoms with Crippen LogP contribution in [0.25, 0.3) is 11.1 Å². The zero-order valence-corrected chi connectivity index (χ0v) is 73.7. The molecule has 40 heteroatoms. The largest absolute Gasteiger partial charge is 0.508 e. The van der Waals surface area contributed by atoms with Gasteiger partial charge in [0.25, 0.3) is 0 Å². The number of carbonyl (C=O) groups excluding carboxylic acids is 9. The van der Waals surface area contributed by atoms with Crippen molar-refractivity contribution in [2.24, 2.45) is 35.3 Å². The lowest BCUT2D eigenvalue weighted by molar-refractivity contribution is -0.333. The molecule has 18 atom stereocenters. The third kappa shape index (κ3) is 21.1. The number of rotatable bonds is 23. The summed E-state index contributed by atoms with van der Waals surface area (Å²) in [4.78, 5) is 140. The van der Waals surface area contributed by atoms with Crippen LogP contribution < -0.4 is 83.2 Å². The van der Waals surface area contributed by atoms with Gasteiger partial charge >= 0.3 is 6.03 Å². The summed E-state index contributed by atoms with van der Waals surface area (Å²) in [6.45, 7) is 8.71. The first-order chi connectivity index (χ1) is 62.0. The number of phenolic OH excluding ortho intramolecular Hbond substituents is 3. The van der Waals surface area contributed by atoms with Gasteiger partial charge in [-0.2, -0.15) is 0 Å². The van der Waals surface area contributed by atoms with Gasteiger partial charge in [0.15, 0.2) is 23.9 Å². The molecule has 22 N–H and O–H groups in total. The van der Waals surface area contributed by atoms with Gasteiger partial charge < -0.3 is 143 Å². The maximum atomic E-state index is 16.7. The van der Waals surface area contributed by atoms with Gasteiger partial charge in [-0.3, -0.25) is 43.7 Å². The Morgan fingerprint density at radius 2 is 1.32 bits per heavy atom. The van der Waals surface area contributed by atoms with E-state index in [0.717, 1.165) is 86.7 Å². The van der Waals surface area contributed by atoms with Gasteiger partial charge in [0.2, 0.25) is 59.3 Å². The van der Waals surface area contributed by atoms with E-state index in [-0.39, 0.29) is 93.6 Å². The van der Waals surface area contributed by atoms with Gasteiger partial charge in [-0.15, -0.1) is 0 Å². The highest BCUT2D eigenvalue weighted by atomic mass is 35.5. The molecule has 7 heterocycles. The molecule has 15 bridgehead atoms. The van der Waals surface area contributed by atoms with E-state index in [1.165, 1.54) is 57.3 Å². The maximum absolute atomic E-state index is 16.7. The maximum Gasteiger partial charge on any atom is 0.325 e. The van der Waals surface area contributed by atoms with Crippen LogP contribution in [0.4, 0.5) is 10.5 Å². The Morgan fingerprint density at radius 1 is 0.677 bits per heavy atom. The molecule has 38 nitrogen and oxygen atoms in total. The van der Waals surface area contributed by atoms with Crippen molar-refractivity contribution in [2.75, 3.05) is 45.8 Å². The van der Waals surface area contributed by atoms with Crippen molar-refractivity contribution in [1.82, 2.24) is 53.2 Å². The highest BCUT2D eigenvalue weighted by Crippen LogP contribution is 2.55. The standard InChI is InChI=1S/C90H110Cl2N12O26/c1-8-18-123-37-48-26-49(12-16-59(48)124-19-17-94-6)96-89(122)98-65(109)34-56-82(116)100-70-47-30-62(126-60-14-10-43(28-53(60)91)74(110)72(86(120)97-56)103-81(115)55(95-7)20-38(2)3)78(130-88-79(77(113)76(112)64(36-105)128-88)129-66-35-90(5,93)80(114)39(4)125-66)63(31-47)127-61-15-11-44(29-54(61)92)75(111)73-87(121)102-71(85(119)99-68-45-22-40-21-41(24-45)25-46(68)23-40)52-32-50(106)33-58(108)67(52)51-27-42(9-13-57(51)107)69(83(117)104-73)101-84(70)118/h9-16,26-33,38-41,45-46,55-56,64,66,68-77,79-80,88,94-95,105-108,110-114H,8,17-25,34-37,93H2,1-7H3,(H,97,120)(H,99,119)(H,100,116)(H,101,118)(H,102,121)(H,103,115)(H,104,117)(H2,96,98,109,122)/t39-,40?,41?,45?,46?,55+,56-,64+,66-,68?,69+,70+,71-,72+,73-,74+,75+,76+,77-,79+,80+,88-,90-/m0/s1. The number of aliphatic hydroxyl groups is 6. The first kappa shape index (κ1) is 95.3. The lowest BCUT2D eigenvalue weighted by atomic mass is 9.54. The number of hydrogen-bond donors (Lipinski definition) is 21. The number of ether oxygens (including phenoxy) is 8. The van der Waals surface area contributed by atoms with Gasteiger partial charge in [-0.25, -0.2) is 4.79 Å². The van der Waals surface area contributed by atoms with Crippen LogP contribution in [0.5, 0.6) is 51.7 Å². The van der Waals surface area contributed by atoms with Crippen molar-refractivity contribution >= 4 is 82.2 Å². The van der Waals surface area contributed by atoms with Crippen molar-refractivity contribution in [3.63, 3.8) is 0 Å². The number of likely N-dealkylation sites (N-methyl/N-ethyl adjacent to an activating group) is 2. The molecular weight excluding hydrogens is 1740 g/mol. The third-order valence-electron chi connectivity index (χ3n) is 25.1. The Bertz CT molecular complexity index is 5240. The van der Waals surface area contributed by atoms with Crippen LogP contribution in [0.1, 0.15) is 156 Å². The fourth-order valence-electron chi connectivity index (χ4n) is 18.7. The number of aromatic hydroxyl groups is 3. The number of amides is 10. The lowest BCUT2D eigenvalue weighted by Crippen LogP contribution is -2.64. The number of nitrogens with one attached hydrogen (secondary N) is 11. The molecular formula is C90H110Cl2N12O26. The van der Waals surface area contributed by atoms with Crippen molar-refractivity contribution in [2.45, 2.75) is 214 Å². The monoisotopic (exact) mass is 1840 g/mol. The first-order valence-corrected chi connectivity index (χ1v) is 44.1. The van der Waals surface area contributed by atoms with E-state index in [2.05, 4.69) is 58.5 Å². The predicted molar refractivity (Wildman–Crippen MR) is 464 cm³/mol. The number of carbonyl (C=O) groups is 9. The van der Waals surface area contributed by atoms with E-state index >= 15 is 28.8 Å². The fraction of sp³-hybridized carbons (Fsp3) is 0.500. The quantitative estimate of drug-likeness (QED) is 0.0396. The van der Waals surface area contributed by atoms with Crippen molar-refractivity contribution in [1.29, 1.82) is 0 Å². The number of hydrogen-bond acceptors (Lipinski definition) is 29. The average molecular weight is 1850 g/mol. The highest BCUT2D eigenvalue weighted by Gasteiger charge is 2.53. The Balaban J connectivity index is 0.952. The molecule has 7 aliphatic heterocycles. The Labute approximate surface area is 757 Å². The second kappa shape index (κ2) is 40.5. The molecule has 0 aromatic heterocycles. The van der Waals surface area contributed by atoms with Gasteiger partial charge in [-0.1, -0.05) is 62.2 Å². The molecule has 0 unspecified atom stereocenters. The van der Waals surface area contributed by atoms with Crippen LogP contribution in [0.3, 0.4) is 0 Å². The van der Waals surface area contributed by atoms with Crippen LogP contribution in [0.15, 0.2) is 97.1 Å². The zero-order valence-electron chi connectivity index (χ0n) is 72.2. The minimum Gasteiger partial charge on any atom is -0.508 e. The lowest BCUT2D eigenvalue weighted by Gasteiger charge is -2.54. The average Bonchev–Trinajstić information content (AvgIpc) is 0.749. The Kier molecular flexibility index (Phi) is 29.7. The number of nitrogens with two attached hydrogens (primary N) is 1. The molecule has 130 heavy (non-hydrogen) atoms. The molecule has 0 radical (unpaired) electrons.